The van der Waals surface area contributed by atoms with Crippen molar-refractivity contribution >= 4 is 16.9 Å². The summed E-state index contributed by atoms with van der Waals surface area (Å²) in [5.41, 5.74) is 2.03. The van der Waals surface area contributed by atoms with Gasteiger partial charge in [-0.15, -0.1) is 0 Å². The molecule has 0 spiro atoms. The van der Waals surface area contributed by atoms with Gasteiger partial charge in [0.2, 0.25) is 0 Å². The number of H-pyrrole nitrogens is 1. The summed E-state index contributed by atoms with van der Waals surface area (Å²) in [6.45, 7) is 7.32. The fourth-order valence-corrected chi connectivity index (χ4v) is 3.56. The van der Waals surface area contributed by atoms with Crippen molar-refractivity contribution in [1.29, 1.82) is 0 Å². The lowest BCUT2D eigenvalue weighted by atomic mass is 10.1. The van der Waals surface area contributed by atoms with Crippen LogP contribution in [-0.4, -0.2) is 80.7 Å². The van der Waals surface area contributed by atoms with Gasteiger partial charge in [0.15, 0.2) is 5.96 Å². The summed E-state index contributed by atoms with van der Waals surface area (Å²) in [6, 6.07) is 4.88. The van der Waals surface area contributed by atoms with E-state index >= 15 is 0 Å². The zero-order chi connectivity index (χ0) is 19.1. The van der Waals surface area contributed by atoms with E-state index in [2.05, 4.69) is 37.5 Å². The van der Waals surface area contributed by atoms with Crippen LogP contribution < -0.4 is 10.6 Å². The molecule has 0 radical (unpaired) electrons. The van der Waals surface area contributed by atoms with Gasteiger partial charge in [-0.2, -0.15) is 0 Å². The van der Waals surface area contributed by atoms with E-state index < -0.39 is 0 Å². The number of aliphatic imine (C=N–C) groups is 1. The Balaban J connectivity index is 1.40. The molecule has 0 unspecified atom stereocenters. The highest BCUT2D eigenvalue weighted by Crippen LogP contribution is 2.19. The molecule has 0 aliphatic carbocycles. The van der Waals surface area contributed by atoms with Gasteiger partial charge in [0.1, 0.15) is 5.82 Å². The van der Waals surface area contributed by atoms with E-state index in [1.54, 1.807) is 7.05 Å². The molecule has 1 saturated heterocycles. The average Bonchev–Trinajstić information content (AvgIpc) is 2.93. The van der Waals surface area contributed by atoms with Crippen LogP contribution in [-0.2, 0) is 6.42 Å². The van der Waals surface area contributed by atoms with E-state index in [4.69, 9.17) is 0 Å². The normalized spacial score (nSPS) is 17.2. The SMILES string of the molecule is CN=C(NCCc1c[nH]c2cc(F)ccc12)NCCN1CCCN(C)CC1. The predicted octanol–water partition coefficient (Wildman–Crippen LogP) is 1.65. The number of guanidine groups is 1. The van der Waals surface area contributed by atoms with Crippen molar-refractivity contribution in [1.82, 2.24) is 25.4 Å². The molecule has 1 fully saturated rings. The molecular weight excluding hydrogens is 343 g/mol. The number of nitrogens with zero attached hydrogens (tertiary/aromatic N) is 3. The van der Waals surface area contributed by atoms with Crippen molar-refractivity contribution in [2.45, 2.75) is 12.8 Å². The summed E-state index contributed by atoms with van der Waals surface area (Å²) in [5, 5.41) is 7.84. The highest BCUT2D eigenvalue weighted by atomic mass is 19.1. The number of fused-ring (bicyclic) bond motifs is 1. The fraction of sp³-hybridized carbons (Fsp3) is 0.550. The molecule has 1 aliphatic heterocycles. The van der Waals surface area contributed by atoms with Gasteiger partial charge in [0.05, 0.1) is 0 Å². The third-order valence-corrected chi connectivity index (χ3v) is 5.17. The van der Waals surface area contributed by atoms with Gasteiger partial charge in [-0.3, -0.25) is 4.99 Å². The number of halogens is 1. The molecule has 148 valence electrons. The second kappa shape index (κ2) is 9.71. The molecule has 2 heterocycles. The van der Waals surface area contributed by atoms with Gasteiger partial charge in [-0.1, -0.05) is 0 Å². The third-order valence-electron chi connectivity index (χ3n) is 5.17. The van der Waals surface area contributed by atoms with Crippen molar-refractivity contribution in [3.8, 4) is 0 Å². The minimum Gasteiger partial charge on any atom is -0.361 e. The van der Waals surface area contributed by atoms with Crippen LogP contribution in [0.2, 0.25) is 0 Å². The van der Waals surface area contributed by atoms with Crippen LogP contribution in [0.1, 0.15) is 12.0 Å². The van der Waals surface area contributed by atoms with Crippen LogP contribution >= 0.6 is 0 Å². The Morgan fingerprint density at radius 3 is 2.89 bits per heavy atom. The van der Waals surface area contributed by atoms with Crippen LogP contribution in [0.15, 0.2) is 29.4 Å². The molecule has 7 heteroatoms. The number of benzene rings is 1. The molecule has 0 bridgehead atoms. The lowest BCUT2D eigenvalue weighted by Crippen LogP contribution is -2.42. The molecule has 0 atom stereocenters. The number of nitrogens with one attached hydrogen (secondary N) is 3. The monoisotopic (exact) mass is 374 g/mol. The maximum Gasteiger partial charge on any atom is 0.191 e. The predicted molar refractivity (Wildman–Crippen MR) is 110 cm³/mol. The van der Waals surface area contributed by atoms with E-state index in [0.717, 1.165) is 56.0 Å². The zero-order valence-corrected chi connectivity index (χ0v) is 16.4. The molecule has 3 rings (SSSR count). The van der Waals surface area contributed by atoms with Crippen LogP contribution in [0.4, 0.5) is 4.39 Å². The van der Waals surface area contributed by atoms with Gasteiger partial charge in [-0.25, -0.2) is 4.39 Å². The zero-order valence-electron chi connectivity index (χ0n) is 16.4. The first kappa shape index (κ1) is 19.6. The smallest absolute Gasteiger partial charge is 0.191 e. The molecule has 2 aromatic rings. The van der Waals surface area contributed by atoms with Crippen LogP contribution in [0, 0.1) is 5.82 Å². The van der Waals surface area contributed by atoms with Crippen molar-refractivity contribution in [3.05, 3.63) is 35.8 Å². The standard InChI is InChI=1S/C20H31FN6/c1-22-20(24-8-11-27-10-3-9-26(2)12-13-27)23-7-6-16-15-25-19-14-17(21)4-5-18(16)19/h4-5,14-15,25H,3,6-13H2,1-2H3,(H2,22,23,24). The van der Waals surface area contributed by atoms with E-state index in [-0.39, 0.29) is 5.82 Å². The number of hydrogen-bond donors (Lipinski definition) is 3. The third kappa shape index (κ3) is 5.68. The minimum absolute atomic E-state index is 0.213. The maximum atomic E-state index is 13.3. The first-order valence-electron chi connectivity index (χ1n) is 9.76. The summed E-state index contributed by atoms with van der Waals surface area (Å²) >= 11 is 0. The van der Waals surface area contributed by atoms with Crippen LogP contribution in [0.5, 0.6) is 0 Å². The number of likely N-dealkylation sites (N-methyl/N-ethyl adjacent to an activating group) is 1. The van der Waals surface area contributed by atoms with Crippen LogP contribution in [0.3, 0.4) is 0 Å². The summed E-state index contributed by atoms with van der Waals surface area (Å²) in [6.07, 6.45) is 4.04. The van der Waals surface area contributed by atoms with E-state index in [1.165, 1.54) is 37.2 Å². The lowest BCUT2D eigenvalue weighted by Gasteiger charge is -2.21. The second-order valence-corrected chi connectivity index (χ2v) is 7.18. The Morgan fingerprint density at radius 1 is 1.19 bits per heavy atom. The van der Waals surface area contributed by atoms with Crippen molar-refractivity contribution in [2.24, 2.45) is 4.99 Å². The Bertz CT molecular complexity index is 756. The van der Waals surface area contributed by atoms with E-state index in [0.29, 0.717) is 0 Å². The fourth-order valence-electron chi connectivity index (χ4n) is 3.56. The van der Waals surface area contributed by atoms with Gasteiger partial charge < -0.3 is 25.4 Å². The molecule has 0 amide bonds. The number of rotatable bonds is 6. The first-order valence-corrected chi connectivity index (χ1v) is 9.76. The Kier molecular flexibility index (Phi) is 7.06. The van der Waals surface area contributed by atoms with Gasteiger partial charge in [0.25, 0.3) is 0 Å². The lowest BCUT2D eigenvalue weighted by molar-refractivity contribution is 0.280. The topological polar surface area (TPSA) is 58.7 Å². The molecule has 27 heavy (non-hydrogen) atoms. The second-order valence-electron chi connectivity index (χ2n) is 7.18. The largest absolute Gasteiger partial charge is 0.361 e. The average molecular weight is 375 g/mol. The summed E-state index contributed by atoms with van der Waals surface area (Å²) < 4.78 is 13.3. The van der Waals surface area contributed by atoms with E-state index in [9.17, 15) is 4.39 Å². The summed E-state index contributed by atoms with van der Waals surface area (Å²) in [5.74, 6) is 0.613. The number of aromatic amines is 1. The number of aromatic nitrogens is 1. The highest BCUT2D eigenvalue weighted by Gasteiger charge is 2.11. The highest BCUT2D eigenvalue weighted by molar-refractivity contribution is 5.83. The van der Waals surface area contributed by atoms with Crippen molar-refractivity contribution in [3.63, 3.8) is 0 Å². The van der Waals surface area contributed by atoms with Gasteiger partial charge in [-0.05, 0) is 56.7 Å². The molecule has 3 N–H and O–H groups in total. The van der Waals surface area contributed by atoms with Crippen molar-refractivity contribution < 1.29 is 4.39 Å². The molecule has 0 saturated carbocycles. The summed E-state index contributed by atoms with van der Waals surface area (Å²) in [4.78, 5) is 12.3. The number of hydrogen-bond acceptors (Lipinski definition) is 3. The van der Waals surface area contributed by atoms with Crippen molar-refractivity contribution in [2.75, 3.05) is 59.9 Å². The molecular formula is C20H31FN6. The maximum absolute atomic E-state index is 13.3. The Labute approximate surface area is 160 Å². The Morgan fingerprint density at radius 2 is 2.04 bits per heavy atom. The van der Waals surface area contributed by atoms with E-state index in [1.807, 2.05) is 12.3 Å². The molecule has 1 aromatic heterocycles. The summed E-state index contributed by atoms with van der Waals surface area (Å²) in [7, 11) is 3.99. The minimum atomic E-state index is -0.213. The quantitative estimate of drug-likeness (QED) is 0.532. The molecule has 1 aliphatic rings. The molecule has 6 nitrogen and oxygen atoms in total. The first-order chi connectivity index (χ1) is 13.2. The Hall–Kier alpha value is -2.12. The van der Waals surface area contributed by atoms with Gasteiger partial charge >= 0.3 is 0 Å². The molecule has 1 aromatic carbocycles. The van der Waals surface area contributed by atoms with Crippen LogP contribution in [0.25, 0.3) is 10.9 Å². The van der Waals surface area contributed by atoms with Gasteiger partial charge in [0, 0.05) is 56.9 Å².